The lowest BCUT2D eigenvalue weighted by atomic mass is 10.0. The number of nitrogens with one attached hydrogen (secondary N) is 1. The van der Waals surface area contributed by atoms with Crippen molar-refractivity contribution in [3.8, 4) is 0 Å². The predicted molar refractivity (Wildman–Crippen MR) is 35.4 cm³/mol. The number of carbonyl (C=O) groups excluding carboxylic acids is 2. The molecule has 2 aliphatic rings. The Morgan fingerprint density at radius 2 is 2.36 bits per heavy atom. The first kappa shape index (κ1) is 6.39. The molecule has 1 heterocycles. The zero-order valence-electron chi connectivity index (χ0n) is 5.66. The van der Waals surface area contributed by atoms with Crippen LogP contribution in [0.3, 0.4) is 0 Å². The fraction of sp³-hybridized carbons (Fsp3) is 0.286. The quantitative estimate of drug-likeness (QED) is 0.537. The highest BCUT2D eigenvalue weighted by Gasteiger charge is 2.33. The van der Waals surface area contributed by atoms with Gasteiger partial charge in [0.25, 0.3) is 0 Å². The molecule has 1 fully saturated rings. The molecule has 1 N–H and O–H groups in total. The largest absolute Gasteiger partial charge is 0.413 e. The number of hydrogen-bond donors (Lipinski definition) is 1. The number of amides is 1. The van der Waals surface area contributed by atoms with Crippen LogP contribution >= 0.6 is 0 Å². The second-order valence-electron chi connectivity index (χ2n) is 2.46. The van der Waals surface area contributed by atoms with Crippen molar-refractivity contribution in [1.29, 1.82) is 0 Å². The van der Waals surface area contributed by atoms with Crippen LogP contribution in [0.1, 0.15) is 6.42 Å². The van der Waals surface area contributed by atoms with Gasteiger partial charge in [-0.2, -0.15) is 0 Å². The van der Waals surface area contributed by atoms with Crippen molar-refractivity contribution in [1.82, 2.24) is 5.32 Å². The molecule has 11 heavy (non-hydrogen) atoms. The van der Waals surface area contributed by atoms with Crippen molar-refractivity contribution in [2.24, 2.45) is 0 Å². The van der Waals surface area contributed by atoms with Gasteiger partial charge >= 0.3 is 6.09 Å². The van der Waals surface area contributed by atoms with E-state index < -0.39 is 6.09 Å². The molecule has 1 unspecified atom stereocenters. The molecular weight excluding hydrogens is 146 g/mol. The molecule has 0 bridgehead atoms. The fourth-order valence-electron chi connectivity index (χ4n) is 1.15. The summed E-state index contributed by atoms with van der Waals surface area (Å²) in [6.07, 6.45) is 2.94. The summed E-state index contributed by atoms with van der Waals surface area (Å²) in [6, 6.07) is -0.316. The van der Waals surface area contributed by atoms with Gasteiger partial charge in [-0.3, -0.25) is 4.79 Å². The third-order valence-corrected chi connectivity index (χ3v) is 1.65. The monoisotopic (exact) mass is 152 g/mol. The van der Waals surface area contributed by atoms with Crippen molar-refractivity contribution < 1.29 is 14.3 Å². The van der Waals surface area contributed by atoms with Gasteiger partial charge in [0.05, 0.1) is 6.42 Å². The first-order valence-corrected chi connectivity index (χ1v) is 3.32. The Kier molecular flexibility index (Phi) is 1.21. The second kappa shape index (κ2) is 2.08. The number of alkyl carbamates (subject to hydrolysis) is 1. The Morgan fingerprint density at radius 1 is 1.55 bits per heavy atom. The number of Topliss-reactive ketones (excluding diaryl/α,β-unsaturated/α-hetero) is 1. The maximum absolute atomic E-state index is 10.8. The van der Waals surface area contributed by atoms with Crippen molar-refractivity contribution in [3.05, 3.63) is 18.3 Å². The summed E-state index contributed by atoms with van der Waals surface area (Å²) in [7, 11) is 0. The Balaban J connectivity index is 2.23. The van der Waals surface area contributed by atoms with Crippen LogP contribution in [-0.2, 0) is 9.53 Å². The van der Waals surface area contributed by atoms with E-state index in [-0.39, 0.29) is 11.8 Å². The number of ether oxygens (including phenoxy) is 1. The molecule has 57 valence electrons. The summed E-state index contributed by atoms with van der Waals surface area (Å²) in [6.45, 7) is 0. The Morgan fingerprint density at radius 3 is 3.18 bits per heavy atom. The minimum Gasteiger partial charge on any atom is -0.413 e. The smallest absolute Gasteiger partial charge is 0.412 e. The van der Waals surface area contributed by atoms with E-state index in [1.54, 1.807) is 6.08 Å². The summed E-state index contributed by atoms with van der Waals surface area (Å²) in [5.74, 6) is 0.569. The Labute approximate surface area is 63.2 Å². The number of rotatable bonds is 0. The number of ketones is 1. The van der Waals surface area contributed by atoms with Crippen LogP contribution in [-0.4, -0.2) is 17.9 Å². The van der Waals surface area contributed by atoms with Crippen LogP contribution in [0.5, 0.6) is 0 Å². The van der Waals surface area contributed by atoms with Gasteiger partial charge in [0.2, 0.25) is 0 Å². The van der Waals surface area contributed by atoms with Crippen LogP contribution < -0.4 is 5.32 Å². The van der Waals surface area contributed by atoms with E-state index in [0.717, 1.165) is 0 Å². The lowest BCUT2D eigenvalue weighted by Gasteiger charge is -2.11. The van der Waals surface area contributed by atoms with Gasteiger partial charge in [0.1, 0.15) is 17.6 Å². The molecule has 1 saturated heterocycles. The molecule has 0 aromatic heterocycles. The molecule has 4 nitrogen and oxygen atoms in total. The van der Waals surface area contributed by atoms with Crippen LogP contribution in [0.2, 0.25) is 0 Å². The molecule has 0 aromatic carbocycles. The molecule has 2 rings (SSSR count). The summed E-state index contributed by atoms with van der Waals surface area (Å²) in [4.78, 5) is 21.4. The van der Waals surface area contributed by atoms with Gasteiger partial charge in [-0.25, -0.2) is 4.79 Å². The molecule has 4 heteroatoms. The average Bonchev–Trinajstić information content (AvgIpc) is 2.27. The molecule has 0 aromatic rings. The van der Waals surface area contributed by atoms with E-state index in [1.807, 2.05) is 0 Å². The molecule has 1 amide bonds. The lowest BCUT2D eigenvalue weighted by Crippen LogP contribution is -2.30. The highest BCUT2D eigenvalue weighted by molar-refractivity contribution is 5.92. The van der Waals surface area contributed by atoms with Crippen molar-refractivity contribution in [2.75, 3.05) is 0 Å². The van der Waals surface area contributed by atoms with E-state index in [0.29, 0.717) is 12.2 Å². The maximum atomic E-state index is 10.8. The molecule has 0 spiro atoms. The fourth-order valence-corrected chi connectivity index (χ4v) is 1.15. The molecule has 1 aliphatic heterocycles. The summed E-state index contributed by atoms with van der Waals surface area (Å²) >= 11 is 0. The van der Waals surface area contributed by atoms with E-state index in [2.05, 4.69) is 5.32 Å². The zero-order chi connectivity index (χ0) is 7.84. The van der Waals surface area contributed by atoms with Gasteiger partial charge < -0.3 is 10.1 Å². The van der Waals surface area contributed by atoms with Crippen LogP contribution in [0, 0.1) is 6.42 Å². The topological polar surface area (TPSA) is 55.4 Å². The molecular formula is C7H6NO3. The molecule has 1 atom stereocenters. The first-order chi connectivity index (χ1) is 5.25. The zero-order valence-corrected chi connectivity index (χ0v) is 5.66. The number of carbonyl (C=O) groups is 2. The van der Waals surface area contributed by atoms with Crippen LogP contribution in [0.25, 0.3) is 0 Å². The summed E-state index contributed by atoms with van der Waals surface area (Å²) < 4.78 is 4.74. The van der Waals surface area contributed by atoms with Crippen LogP contribution in [0.15, 0.2) is 11.8 Å². The standard InChI is InChI=1S/C7H6NO3/c9-4-1-2-6-5(3-4)8-7(10)11-6/h2-3,5H,1H2,(H,8,10). The van der Waals surface area contributed by atoms with Crippen molar-refractivity contribution in [3.63, 3.8) is 0 Å². The third kappa shape index (κ3) is 1.00. The predicted octanol–water partition coefficient (Wildman–Crippen LogP) is 0.156. The second-order valence-corrected chi connectivity index (χ2v) is 2.46. The molecule has 0 saturated carbocycles. The highest BCUT2D eigenvalue weighted by atomic mass is 16.6. The third-order valence-electron chi connectivity index (χ3n) is 1.65. The van der Waals surface area contributed by atoms with Gasteiger partial charge in [-0.15, -0.1) is 0 Å². The average molecular weight is 152 g/mol. The lowest BCUT2D eigenvalue weighted by molar-refractivity contribution is -0.115. The first-order valence-electron chi connectivity index (χ1n) is 3.32. The normalized spacial score (nSPS) is 28.7. The van der Waals surface area contributed by atoms with E-state index in [9.17, 15) is 9.59 Å². The molecule has 1 radical (unpaired) electrons. The summed E-state index contributed by atoms with van der Waals surface area (Å²) in [5, 5.41) is 2.48. The van der Waals surface area contributed by atoms with Crippen LogP contribution in [0.4, 0.5) is 4.79 Å². The maximum Gasteiger partial charge on any atom is 0.412 e. The minimum absolute atomic E-state index is 0.0181. The van der Waals surface area contributed by atoms with Gasteiger partial charge in [0.15, 0.2) is 0 Å². The van der Waals surface area contributed by atoms with E-state index in [1.165, 1.54) is 6.42 Å². The van der Waals surface area contributed by atoms with E-state index >= 15 is 0 Å². The summed E-state index contributed by atoms with van der Waals surface area (Å²) in [5.41, 5.74) is 0. The Bertz CT molecular complexity index is 254. The number of allylic oxidation sites excluding steroid dienone is 1. The number of fused-ring (bicyclic) bond motifs is 1. The van der Waals surface area contributed by atoms with Gasteiger partial charge in [0, 0.05) is 6.42 Å². The van der Waals surface area contributed by atoms with E-state index in [4.69, 9.17) is 4.74 Å². The van der Waals surface area contributed by atoms with Gasteiger partial charge in [-0.05, 0) is 6.08 Å². The van der Waals surface area contributed by atoms with Crippen molar-refractivity contribution in [2.45, 2.75) is 12.5 Å². The SMILES string of the molecule is O=C1[CH]C2NC(=O)OC2=CC1. The van der Waals surface area contributed by atoms with Gasteiger partial charge in [-0.1, -0.05) is 0 Å². The number of hydrogen-bond acceptors (Lipinski definition) is 3. The van der Waals surface area contributed by atoms with Crippen molar-refractivity contribution >= 4 is 11.9 Å². The Hall–Kier alpha value is -1.32. The highest BCUT2D eigenvalue weighted by Crippen LogP contribution is 2.20. The molecule has 1 aliphatic carbocycles. The minimum atomic E-state index is -0.479.